The van der Waals surface area contributed by atoms with Gasteiger partial charge in [-0.2, -0.15) is 0 Å². The van der Waals surface area contributed by atoms with Crippen molar-refractivity contribution in [2.75, 3.05) is 11.4 Å². The van der Waals surface area contributed by atoms with Crippen LogP contribution in [0.2, 0.25) is 0 Å². The van der Waals surface area contributed by atoms with E-state index in [-0.39, 0.29) is 5.56 Å². The van der Waals surface area contributed by atoms with Crippen LogP contribution >= 0.6 is 0 Å². The molecule has 1 aliphatic heterocycles. The largest absolute Gasteiger partial charge is 0.339 e. The first-order valence-electron chi connectivity index (χ1n) is 8.99. The summed E-state index contributed by atoms with van der Waals surface area (Å²) in [7, 11) is 1.84. The van der Waals surface area contributed by atoms with Crippen molar-refractivity contribution >= 4 is 5.95 Å². The van der Waals surface area contributed by atoms with Crippen LogP contribution in [0.4, 0.5) is 5.95 Å². The van der Waals surface area contributed by atoms with Crippen LogP contribution in [-0.2, 0) is 7.05 Å². The Balaban J connectivity index is 1.77. The van der Waals surface area contributed by atoms with Gasteiger partial charge in [-0.3, -0.25) is 14.3 Å². The molecule has 2 aromatic heterocycles. The van der Waals surface area contributed by atoms with Gasteiger partial charge in [0.25, 0.3) is 5.56 Å². The van der Waals surface area contributed by atoms with Gasteiger partial charge in [0, 0.05) is 43.7 Å². The maximum atomic E-state index is 12.5. The third-order valence-electron chi connectivity index (χ3n) is 5.59. The first-order valence-corrected chi connectivity index (χ1v) is 8.99. The van der Waals surface area contributed by atoms with Crippen LogP contribution in [0.3, 0.4) is 0 Å². The molecule has 0 amide bonds. The van der Waals surface area contributed by atoms with Crippen LogP contribution in [0.5, 0.6) is 0 Å². The summed E-state index contributed by atoms with van der Waals surface area (Å²) >= 11 is 0. The zero-order valence-corrected chi connectivity index (χ0v) is 14.2. The molecule has 5 nitrogen and oxygen atoms in total. The van der Waals surface area contributed by atoms with Gasteiger partial charge >= 0.3 is 0 Å². The van der Waals surface area contributed by atoms with Gasteiger partial charge in [-0.1, -0.05) is 12.8 Å². The van der Waals surface area contributed by atoms with E-state index < -0.39 is 0 Å². The van der Waals surface area contributed by atoms with Crippen molar-refractivity contribution in [1.29, 1.82) is 0 Å². The summed E-state index contributed by atoms with van der Waals surface area (Å²) in [6.45, 7) is 1.00. The minimum absolute atomic E-state index is 0.00439. The highest BCUT2D eigenvalue weighted by Crippen LogP contribution is 2.37. The Bertz CT molecular complexity index is 769. The summed E-state index contributed by atoms with van der Waals surface area (Å²) < 4.78 is 1.71. The lowest BCUT2D eigenvalue weighted by Crippen LogP contribution is -2.49. The minimum Gasteiger partial charge on any atom is -0.339 e. The van der Waals surface area contributed by atoms with Crippen molar-refractivity contribution in [1.82, 2.24) is 14.5 Å². The van der Waals surface area contributed by atoms with Gasteiger partial charge in [-0.05, 0) is 43.7 Å². The molecule has 0 radical (unpaired) electrons. The lowest BCUT2D eigenvalue weighted by Gasteiger charge is -2.45. The Hall–Kier alpha value is -2.17. The first-order chi connectivity index (χ1) is 11.7. The second kappa shape index (κ2) is 6.38. The predicted molar refractivity (Wildman–Crippen MR) is 95.0 cm³/mol. The van der Waals surface area contributed by atoms with Crippen molar-refractivity contribution < 1.29 is 0 Å². The predicted octanol–water partition coefficient (Wildman–Crippen LogP) is 3.00. The maximum Gasteiger partial charge on any atom is 0.255 e. The van der Waals surface area contributed by atoms with E-state index in [4.69, 9.17) is 4.98 Å². The lowest BCUT2D eigenvalue weighted by atomic mass is 9.78. The van der Waals surface area contributed by atoms with Crippen molar-refractivity contribution in [3.63, 3.8) is 0 Å². The summed E-state index contributed by atoms with van der Waals surface area (Å²) in [6.07, 6.45) is 11.2. The third kappa shape index (κ3) is 2.72. The Morgan fingerprint density at radius 3 is 2.67 bits per heavy atom. The molecule has 0 spiro atoms. The highest BCUT2D eigenvalue weighted by molar-refractivity contribution is 5.59. The Morgan fingerprint density at radius 2 is 1.83 bits per heavy atom. The Labute approximate surface area is 142 Å². The fraction of sp³-hybridized carbons (Fsp3) is 0.526. The molecular formula is C19H24N4O. The molecule has 0 bridgehead atoms. The average molecular weight is 324 g/mol. The number of hydrogen-bond acceptors (Lipinski definition) is 4. The Morgan fingerprint density at radius 1 is 1.08 bits per heavy atom. The van der Waals surface area contributed by atoms with Crippen LogP contribution in [0.15, 0.2) is 35.4 Å². The van der Waals surface area contributed by atoms with Crippen molar-refractivity contribution in [2.24, 2.45) is 13.0 Å². The third-order valence-corrected chi connectivity index (χ3v) is 5.59. The van der Waals surface area contributed by atoms with E-state index in [1.54, 1.807) is 23.0 Å². The number of hydrogen-bond donors (Lipinski definition) is 0. The van der Waals surface area contributed by atoms with E-state index in [1.807, 2.05) is 19.2 Å². The van der Waals surface area contributed by atoms with E-state index in [9.17, 15) is 4.79 Å². The Kier molecular flexibility index (Phi) is 4.08. The number of fused-ring (bicyclic) bond motifs is 1. The average Bonchev–Trinajstić information content (AvgIpc) is 2.64. The van der Waals surface area contributed by atoms with Crippen LogP contribution in [-0.4, -0.2) is 27.1 Å². The van der Waals surface area contributed by atoms with Crippen molar-refractivity contribution in [3.05, 3.63) is 40.9 Å². The van der Waals surface area contributed by atoms with Crippen molar-refractivity contribution in [3.8, 4) is 11.3 Å². The molecule has 2 fully saturated rings. The number of nitrogens with zero attached hydrogens (tertiary/aromatic N) is 4. The summed E-state index contributed by atoms with van der Waals surface area (Å²) in [6, 6.07) is 5.98. The molecule has 0 unspecified atom stereocenters. The molecule has 24 heavy (non-hydrogen) atoms. The molecule has 3 heterocycles. The molecule has 0 aromatic carbocycles. The normalized spacial score (nSPS) is 23.8. The highest BCUT2D eigenvalue weighted by Gasteiger charge is 2.35. The number of piperidine rings is 1. The number of aromatic nitrogens is 3. The van der Waals surface area contributed by atoms with Gasteiger partial charge in [-0.25, -0.2) is 4.98 Å². The van der Waals surface area contributed by atoms with E-state index in [0.29, 0.717) is 6.04 Å². The van der Waals surface area contributed by atoms with E-state index >= 15 is 0 Å². The molecule has 2 aromatic rings. The van der Waals surface area contributed by atoms with Crippen molar-refractivity contribution in [2.45, 2.75) is 44.6 Å². The standard InChI is InChI=1S/C19H24N4O/c1-22-18(24)13-16(14-8-10-20-11-9-14)21-19(22)23-12-4-6-15-5-2-3-7-17(15)23/h8-11,13,15,17H,2-7,12H2,1H3/t15-,17+/m1/s1. The summed E-state index contributed by atoms with van der Waals surface area (Å²) in [5.74, 6) is 1.58. The topological polar surface area (TPSA) is 51.0 Å². The van der Waals surface area contributed by atoms with E-state index in [0.717, 1.165) is 29.7 Å². The van der Waals surface area contributed by atoms with Gasteiger partial charge in [-0.15, -0.1) is 0 Å². The second-order valence-electron chi connectivity index (χ2n) is 7.02. The maximum absolute atomic E-state index is 12.5. The molecule has 1 saturated heterocycles. The highest BCUT2D eigenvalue weighted by atomic mass is 16.1. The smallest absolute Gasteiger partial charge is 0.255 e. The van der Waals surface area contributed by atoms with Gasteiger partial charge in [0.1, 0.15) is 0 Å². The zero-order valence-electron chi connectivity index (χ0n) is 14.2. The van der Waals surface area contributed by atoms with E-state index in [1.165, 1.54) is 38.5 Å². The number of rotatable bonds is 2. The van der Waals surface area contributed by atoms with Gasteiger partial charge < -0.3 is 4.90 Å². The summed E-state index contributed by atoms with van der Waals surface area (Å²) in [4.78, 5) is 23.9. The van der Waals surface area contributed by atoms with E-state index in [2.05, 4.69) is 9.88 Å². The zero-order chi connectivity index (χ0) is 16.5. The van der Waals surface area contributed by atoms with Crippen LogP contribution < -0.4 is 10.5 Å². The lowest BCUT2D eigenvalue weighted by molar-refractivity contribution is 0.240. The monoisotopic (exact) mass is 324 g/mol. The summed E-state index contributed by atoms with van der Waals surface area (Å²) in [5, 5.41) is 0. The molecule has 1 saturated carbocycles. The number of anilines is 1. The van der Waals surface area contributed by atoms with Gasteiger partial charge in [0.05, 0.1) is 5.69 Å². The molecule has 0 N–H and O–H groups in total. The molecule has 4 rings (SSSR count). The summed E-state index contributed by atoms with van der Waals surface area (Å²) in [5.41, 5.74) is 1.69. The van der Waals surface area contributed by atoms with Crippen LogP contribution in [0.25, 0.3) is 11.3 Å². The fourth-order valence-electron chi connectivity index (χ4n) is 4.33. The molecule has 126 valence electrons. The molecular weight excluding hydrogens is 300 g/mol. The van der Waals surface area contributed by atoms with Gasteiger partial charge in [0.2, 0.25) is 5.95 Å². The second-order valence-corrected chi connectivity index (χ2v) is 7.02. The molecule has 5 heteroatoms. The quantitative estimate of drug-likeness (QED) is 0.852. The fourth-order valence-corrected chi connectivity index (χ4v) is 4.33. The molecule has 2 atom stereocenters. The number of pyridine rings is 1. The SMILES string of the molecule is Cn1c(N2CCC[C@H]3CCCC[C@@H]32)nc(-c2ccncc2)cc1=O. The van der Waals surface area contributed by atoms with Crippen LogP contribution in [0.1, 0.15) is 38.5 Å². The first kappa shape index (κ1) is 15.4. The molecule has 2 aliphatic rings. The van der Waals surface area contributed by atoms with Crippen LogP contribution in [0, 0.1) is 5.92 Å². The molecule has 1 aliphatic carbocycles. The minimum atomic E-state index is 0.00439. The van der Waals surface area contributed by atoms with Gasteiger partial charge in [0.15, 0.2) is 0 Å².